The number of benzene rings is 5. The number of fused-ring (bicyclic) bond motifs is 4. The molecule has 2 heterocycles. The lowest BCUT2D eigenvalue weighted by atomic mass is 10.0. The van der Waals surface area contributed by atoms with Gasteiger partial charge < -0.3 is 9.13 Å². The van der Waals surface area contributed by atoms with E-state index < -0.39 is 0 Å². The summed E-state index contributed by atoms with van der Waals surface area (Å²) in [5.74, 6) is 0. The maximum absolute atomic E-state index is 4.39. The van der Waals surface area contributed by atoms with Crippen LogP contribution in [0.4, 0.5) is 0 Å². The third kappa shape index (κ3) is 3.26. The fourth-order valence-electron chi connectivity index (χ4n) is 5.74. The van der Waals surface area contributed by atoms with Gasteiger partial charge in [0.15, 0.2) is 0 Å². The first-order valence-electron chi connectivity index (χ1n) is 12.7. The largest absolute Gasteiger partial charge is 0.310 e. The minimum Gasteiger partial charge on any atom is -0.310 e. The second-order valence-corrected chi connectivity index (χ2v) is 9.47. The first-order chi connectivity index (χ1) is 18.2. The third-order valence-electron chi connectivity index (χ3n) is 7.47. The predicted molar refractivity (Wildman–Crippen MR) is 158 cm³/mol. The summed E-state index contributed by atoms with van der Waals surface area (Å²) >= 11 is 0. The van der Waals surface area contributed by atoms with Gasteiger partial charge in [0.25, 0.3) is 0 Å². The van der Waals surface area contributed by atoms with Crippen molar-refractivity contribution in [3.05, 3.63) is 132 Å². The molecule has 0 aliphatic rings. The third-order valence-corrected chi connectivity index (χ3v) is 7.47. The summed E-state index contributed by atoms with van der Waals surface area (Å²) in [4.78, 5) is 0. The summed E-state index contributed by atoms with van der Waals surface area (Å²) in [6.45, 7) is 6.47. The number of para-hydroxylation sites is 3. The van der Waals surface area contributed by atoms with Gasteiger partial charge in [-0.1, -0.05) is 91.5 Å². The molecule has 37 heavy (non-hydrogen) atoms. The minimum absolute atomic E-state index is 1.02. The number of aromatic nitrogens is 2. The number of nitrogens with zero attached hydrogens (tertiary/aromatic N) is 2. The van der Waals surface area contributed by atoms with Crippen LogP contribution < -0.4 is 10.6 Å². The van der Waals surface area contributed by atoms with Crippen molar-refractivity contribution in [2.24, 2.45) is 0 Å². The van der Waals surface area contributed by atoms with Crippen LogP contribution >= 0.6 is 0 Å². The van der Waals surface area contributed by atoms with E-state index in [1.54, 1.807) is 0 Å². The second-order valence-electron chi connectivity index (χ2n) is 9.47. The lowest BCUT2D eigenvalue weighted by molar-refractivity contribution is 1.07. The molecule has 5 aromatic carbocycles. The Labute approximate surface area is 215 Å². The normalized spacial score (nSPS) is 12.2. The highest BCUT2D eigenvalue weighted by Crippen LogP contribution is 2.32. The van der Waals surface area contributed by atoms with Gasteiger partial charge in [-0.2, -0.15) is 0 Å². The molecule has 7 aromatic rings. The van der Waals surface area contributed by atoms with E-state index in [4.69, 9.17) is 0 Å². The Morgan fingerprint density at radius 1 is 0.486 bits per heavy atom. The van der Waals surface area contributed by atoms with Crippen molar-refractivity contribution in [2.75, 3.05) is 0 Å². The molecule has 0 radical (unpaired) electrons. The molecule has 0 aliphatic heterocycles. The molecule has 0 bridgehead atoms. The first-order valence-corrected chi connectivity index (χ1v) is 12.7. The van der Waals surface area contributed by atoms with E-state index >= 15 is 0 Å². The highest BCUT2D eigenvalue weighted by molar-refractivity contribution is 6.09. The van der Waals surface area contributed by atoms with E-state index in [-0.39, 0.29) is 0 Å². The average Bonchev–Trinajstić information content (AvgIpc) is 3.44. The smallest absolute Gasteiger partial charge is 0.0541 e. The van der Waals surface area contributed by atoms with Gasteiger partial charge in [-0.25, -0.2) is 0 Å². The van der Waals surface area contributed by atoms with E-state index in [9.17, 15) is 0 Å². The van der Waals surface area contributed by atoms with Gasteiger partial charge in [-0.3, -0.25) is 0 Å². The highest BCUT2D eigenvalue weighted by Gasteiger charge is 2.12. The summed E-state index contributed by atoms with van der Waals surface area (Å²) in [6, 6.07) is 43.4. The van der Waals surface area contributed by atoms with Crippen LogP contribution in [0.15, 0.2) is 121 Å². The standard InChI is InChI=1S/C35H26N2/c1-3-29-24(2)36(33-13-7-4-10-30(29)33)27-20-16-25(17-21-27)26-18-22-28(23-19-26)37-34-14-8-5-11-31(34)32-12-6-9-15-35(32)37/h3-23H,2H2,1H3/b29-3+. The zero-order chi connectivity index (χ0) is 24.9. The Bertz CT molecular complexity index is 1980. The lowest BCUT2D eigenvalue weighted by Crippen LogP contribution is -2.26. The molecular formula is C35H26N2. The zero-order valence-electron chi connectivity index (χ0n) is 20.7. The van der Waals surface area contributed by atoms with Gasteiger partial charge in [0.2, 0.25) is 0 Å². The monoisotopic (exact) mass is 474 g/mol. The van der Waals surface area contributed by atoms with Gasteiger partial charge in [-0.15, -0.1) is 0 Å². The topological polar surface area (TPSA) is 9.86 Å². The minimum atomic E-state index is 1.02. The molecule has 0 saturated carbocycles. The second kappa shape index (κ2) is 8.39. The van der Waals surface area contributed by atoms with Crippen molar-refractivity contribution < 1.29 is 0 Å². The average molecular weight is 475 g/mol. The SMILES string of the molecule is C=c1/c(=C\C)c2ccccc2n1-c1ccc(-c2ccc(-n3c4ccccc4c4ccccc43)cc2)cc1. The highest BCUT2D eigenvalue weighted by atomic mass is 15.0. The quantitative estimate of drug-likeness (QED) is 0.249. The Morgan fingerprint density at radius 3 is 1.38 bits per heavy atom. The van der Waals surface area contributed by atoms with Crippen molar-refractivity contribution in [2.45, 2.75) is 6.92 Å². The van der Waals surface area contributed by atoms with E-state index in [0.717, 1.165) is 11.0 Å². The molecule has 0 amide bonds. The first kappa shape index (κ1) is 21.5. The van der Waals surface area contributed by atoms with Gasteiger partial charge in [0.05, 0.1) is 16.6 Å². The van der Waals surface area contributed by atoms with Crippen molar-refractivity contribution in [1.29, 1.82) is 0 Å². The fraction of sp³-hybridized carbons (Fsp3) is 0.0286. The van der Waals surface area contributed by atoms with Crippen molar-refractivity contribution in [3.8, 4) is 22.5 Å². The molecule has 7 rings (SSSR count). The summed E-state index contributed by atoms with van der Waals surface area (Å²) in [5, 5.41) is 6.01. The van der Waals surface area contributed by atoms with Crippen LogP contribution in [0.3, 0.4) is 0 Å². The molecule has 0 aliphatic carbocycles. The lowest BCUT2D eigenvalue weighted by Gasteiger charge is -2.10. The summed E-state index contributed by atoms with van der Waals surface area (Å²) < 4.78 is 4.60. The van der Waals surface area contributed by atoms with Crippen LogP contribution in [-0.2, 0) is 0 Å². The molecule has 0 N–H and O–H groups in total. The van der Waals surface area contributed by atoms with E-state index in [1.807, 2.05) is 0 Å². The molecule has 176 valence electrons. The molecular weight excluding hydrogens is 448 g/mol. The maximum Gasteiger partial charge on any atom is 0.0541 e. The van der Waals surface area contributed by atoms with Crippen LogP contribution in [0.25, 0.3) is 67.9 Å². The van der Waals surface area contributed by atoms with Gasteiger partial charge in [0, 0.05) is 38.1 Å². The van der Waals surface area contributed by atoms with Crippen molar-refractivity contribution in [1.82, 2.24) is 9.13 Å². The summed E-state index contributed by atoms with van der Waals surface area (Å²) in [7, 11) is 0. The van der Waals surface area contributed by atoms with Crippen LogP contribution in [-0.4, -0.2) is 9.13 Å². The van der Waals surface area contributed by atoms with Crippen molar-refractivity contribution in [3.63, 3.8) is 0 Å². The number of hydrogen-bond acceptors (Lipinski definition) is 0. The van der Waals surface area contributed by atoms with E-state index in [1.165, 1.54) is 54.7 Å². The van der Waals surface area contributed by atoms with Crippen LogP contribution in [0, 0.1) is 0 Å². The molecule has 2 aromatic heterocycles. The molecule has 0 saturated heterocycles. The molecule has 0 unspecified atom stereocenters. The fourth-order valence-corrected chi connectivity index (χ4v) is 5.74. The molecule has 0 atom stereocenters. The zero-order valence-corrected chi connectivity index (χ0v) is 20.7. The van der Waals surface area contributed by atoms with Gasteiger partial charge in [0.1, 0.15) is 0 Å². The predicted octanol–water partition coefficient (Wildman–Crippen LogP) is 7.61. The molecule has 0 fully saturated rings. The van der Waals surface area contributed by atoms with Gasteiger partial charge >= 0.3 is 0 Å². The van der Waals surface area contributed by atoms with E-state index in [2.05, 4.69) is 150 Å². The molecule has 2 nitrogen and oxygen atoms in total. The Morgan fingerprint density at radius 2 is 0.892 bits per heavy atom. The molecule has 0 spiro atoms. The maximum atomic E-state index is 4.39. The van der Waals surface area contributed by atoms with E-state index in [0.29, 0.717) is 0 Å². The van der Waals surface area contributed by atoms with Crippen LogP contribution in [0.1, 0.15) is 6.92 Å². The summed E-state index contributed by atoms with van der Waals surface area (Å²) in [5.41, 5.74) is 8.33. The Kier molecular flexibility index (Phi) is 4.87. The number of hydrogen-bond donors (Lipinski definition) is 0. The van der Waals surface area contributed by atoms with Crippen LogP contribution in [0.2, 0.25) is 0 Å². The van der Waals surface area contributed by atoms with Gasteiger partial charge in [-0.05, 0) is 60.5 Å². The number of rotatable bonds is 3. The molecule has 2 heteroatoms. The Hall–Kier alpha value is -4.82. The van der Waals surface area contributed by atoms with Crippen molar-refractivity contribution >= 4 is 45.4 Å². The Balaban J connectivity index is 1.28. The summed E-state index contributed by atoms with van der Waals surface area (Å²) in [6.07, 6.45) is 2.15. The van der Waals surface area contributed by atoms with Crippen LogP contribution in [0.5, 0.6) is 0 Å².